The minimum Gasteiger partial charge on any atom is -0.464 e. The number of pyridine rings is 1. The Morgan fingerprint density at radius 3 is 2.56 bits per heavy atom. The first kappa shape index (κ1) is 12.1. The molecule has 0 saturated heterocycles. The number of benzene rings is 1. The Hall–Kier alpha value is -2.36. The maximum atomic E-state index is 11.5. The highest BCUT2D eigenvalue weighted by Crippen LogP contribution is 2.16. The van der Waals surface area contributed by atoms with Gasteiger partial charge in [-0.1, -0.05) is 24.3 Å². The highest BCUT2D eigenvalue weighted by molar-refractivity contribution is 5.89. The lowest BCUT2D eigenvalue weighted by Gasteiger charge is -2.08. The summed E-state index contributed by atoms with van der Waals surface area (Å²) in [6.07, 6.45) is 0. The predicted octanol–water partition coefficient (Wildman–Crippen LogP) is 2.92. The topological polar surface area (TPSA) is 51.2 Å². The molecule has 0 radical (unpaired) electrons. The number of esters is 1. The lowest BCUT2D eigenvalue weighted by atomic mass is 10.2. The van der Waals surface area contributed by atoms with Crippen molar-refractivity contribution >= 4 is 17.5 Å². The van der Waals surface area contributed by atoms with Gasteiger partial charge in [0.1, 0.15) is 5.82 Å². The Labute approximate surface area is 106 Å². The molecule has 1 aromatic heterocycles. The number of aryl methyl sites for hydroxylation is 1. The van der Waals surface area contributed by atoms with Gasteiger partial charge < -0.3 is 10.1 Å². The highest BCUT2D eigenvalue weighted by atomic mass is 16.5. The van der Waals surface area contributed by atoms with E-state index in [2.05, 4.69) is 10.3 Å². The summed E-state index contributed by atoms with van der Waals surface area (Å²) in [7, 11) is 1.35. The van der Waals surface area contributed by atoms with Crippen LogP contribution >= 0.6 is 0 Å². The van der Waals surface area contributed by atoms with Gasteiger partial charge in [-0.05, 0) is 30.7 Å². The molecule has 1 N–H and O–H groups in total. The molecule has 1 aromatic carbocycles. The average Bonchev–Trinajstić information content (AvgIpc) is 2.41. The third kappa shape index (κ3) is 2.66. The van der Waals surface area contributed by atoms with Gasteiger partial charge in [0, 0.05) is 5.69 Å². The van der Waals surface area contributed by atoms with Gasteiger partial charge in [0.15, 0.2) is 5.69 Å². The molecule has 2 rings (SSSR count). The van der Waals surface area contributed by atoms with Gasteiger partial charge >= 0.3 is 5.97 Å². The summed E-state index contributed by atoms with van der Waals surface area (Å²) >= 11 is 0. The van der Waals surface area contributed by atoms with E-state index < -0.39 is 5.97 Å². The molecule has 4 nitrogen and oxygen atoms in total. The molecule has 2 aromatic rings. The second-order valence-corrected chi connectivity index (χ2v) is 3.84. The van der Waals surface area contributed by atoms with Gasteiger partial charge in [-0.25, -0.2) is 9.78 Å². The number of carbonyl (C=O) groups is 1. The third-order valence-electron chi connectivity index (χ3n) is 2.52. The Bertz CT molecular complexity index is 553. The summed E-state index contributed by atoms with van der Waals surface area (Å²) in [5.74, 6) is 0.191. The fraction of sp³-hybridized carbons (Fsp3) is 0.143. The number of anilines is 2. The first-order chi connectivity index (χ1) is 8.70. The Morgan fingerprint density at radius 2 is 1.89 bits per heavy atom. The van der Waals surface area contributed by atoms with Crippen LogP contribution < -0.4 is 5.32 Å². The van der Waals surface area contributed by atoms with E-state index >= 15 is 0 Å². The zero-order valence-electron chi connectivity index (χ0n) is 10.3. The van der Waals surface area contributed by atoms with Crippen molar-refractivity contribution in [1.29, 1.82) is 0 Å². The molecule has 0 aliphatic carbocycles. The van der Waals surface area contributed by atoms with Crippen molar-refractivity contribution in [2.75, 3.05) is 12.4 Å². The largest absolute Gasteiger partial charge is 0.464 e. The van der Waals surface area contributed by atoms with E-state index in [9.17, 15) is 4.79 Å². The number of ether oxygens (including phenoxy) is 1. The number of para-hydroxylation sites is 1. The molecule has 18 heavy (non-hydrogen) atoms. The average molecular weight is 242 g/mol. The molecular weight excluding hydrogens is 228 g/mol. The van der Waals surface area contributed by atoms with Crippen molar-refractivity contribution in [1.82, 2.24) is 4.98 Å². The molecule has 0 aliphatic rings. The van der Waals surface area contributed by atoms with E-state index in [0.29, 0.717) is 11.5 Å². The summed E-state index contributed by atoms with van der Waals surface area (Å²) in [6, 6.07) is 13.3. The molecule has 4 heteroatoms. The molecule has 0 amide bonds. The van der Waals surface area contributed by atoms with Gasteiger partial charge in [0.05, 0.1) is 7.11 Å². The van der Waals surface area contributed by atoms with E-state index in [-0.39, 0.29) is 0 Å². The third-order valence-corrected chi connectivity index (χ3v) is 2.52. The number of methoxy groups -OCH3 is 1. The van der Waals surface area contributed by atoms with Crippen molar-refractivity contribution in [2.24, 2.45) is 0 Å². The second-order valence-electron chi connectivity index (χ2n) is 3.84. The van der Waals surface area contributed by atoms with Gasteiger partial charge in [-0.3, -0.25) is 0 Å². The number of nitrogens with zero attached hydrogens (tertiary/aromatic N) is 1. The van der Waals surface area contributed by atoms with Crippen LogP contribution in [0.1, 0.15) is 16.1 Å². The smallest absolute Gasteiger partial charge is 0.357 e. The van der Waals surface area contributed by atoms with Gasteiger partial charge in [0.2, 0.25) is 0 Å². The number of nitrogens with one attached hydrogen (secondary N) is 1. The molecule has 0 spiro atoms. The SMILES string of the molecule is COC(=O)c1nc(Nc2ccccc2)ccc1C. The normalized spacial score (nSPS) is 9.89. The minimum atomic E-state index is -0.427. The van der Waals surface area contributed by atoms with Crippen LogP contribution in [0.5, 0.6) is 0 Å². The first-order valence-corrected chi connectivity index (χ1v) is 5.59. The van der Waals surface area contributed by atoms with E-state index in [4.69, 9.17) is 4.74 Å². The molecule has 0 aliphatic heterocycles. The monoisotopic (exact) mass is 242 g/mol. The molecule has 0 unspecified atom stereocenters. The van der Waals surface area contributed by atoms with E-state index in [0.717, 1.165) is 11.3 Å². The number of hydrogen-bond acceptors (Lipinski definition) is 4. The van der Waals surface area contributed by atoms with E-state index in [1.165, 1.54) is 7.11 Å². The molecule has 1 heterocycles. The number of hydrogen-bond donors (Lipinski definition) is 1. The van der Waals surface area contributed by atoms with E-state index in [1.54, 1.807) is 0 Å². The molecule has 0 atom stereocenters. The summed E-state index contributed by atoms with van der Waals surface area (Å²) in [5, 5.41) is 3.13. The zero-order chi connectivity index (χ0) is 13.0. The maximum absolute atomic E-state index is 11.5. The van der Waals surface area contributed by atoms with Crippen LogP contribution in [0, 0.1) is 6.92 Å². The minimum absolute atomic E-state index is 0.332. The van der Waals surface area contributed by atoms with Crippen molar-refractivity contribution in [3.8, 4) is 0 Å². The van der Waals surface area contributed by atoms with Crippen molar-refractivity contribution in [3.05, 3.63) is 53.7 Å². The zero-order valence-corrected chi connectivity index (χ0v) is 10.3. The van der Waals surface area contributed by atoms with Crippen LogP contribution in [0.15, 0.2) is 42.5 Å². The first-order valence-electron chi connectivity index (χ1n) is 5.59. The fourth-order valence-electron chi connectivity index (χ4n) is 1.57. The van der Waals surface area contributed by atoms with Crippen LogP contribution in [-0.4, -0.2) is 18.1 Å². The quantitative estimate of drug-likeness (QED) is 0.841. The van der Waals surface area contributed by atoms with Crippen LogP contribution in [0.3, 0.4) is 0 Å². The van der Waals surface area contributed by atoms with Crippen molar-refractivity contribution < 1.29 is 9.53 Å². The lowest BCUT2D eigenvalue weighted by Crippen LogP contribution is -2.08. The van der Waals surface area contributed by atoms with Crippen molar-refractivity contribution in [2.45, 2.75) is 6.92 Å². The summed E-state index contributed by atoms with van der Waals surface area (Å²) < 4.78 is 4.69. The van der Waals surface area contributed by atoms with Crippen LogP contribution in [0.2, 0.25) is 0 Å². The number of carbonyl (C=O) groups excluding carboxylic acids is 1. The molecule has 0 saturated carbocycles. The predicted molar refractivity (Wildman–Crippen MR) is 70.0 cm³/mol. The number of aromatic nitrogens is 1. The fourth-order valence-corrected chi connectivity index (χ4v) is 1.57. The molecule has 92 valence electrons. The summed E-state index contributed by atoms with van der Waals surface area (Å²) in [4.78, 5) is 15.8. The Balaban J connectivity index is 2.27. The molecular formula is C14H14N2O2. The number of rotatable bonds is 3. The maximum Gasteiger partial charge on any atom is 0.357 e. The Kier molecular flexibility index (Phi) is 3.57. The van der Waals surface area contributed by atoms with Gasteiger partial charge in [-0.15, -0.1) is 0 Å². The molecule has 0 bridgehead atoms. The van der Waals surface area contributed by atoms with E-state index in [1.807, 2.05) is 49.4 Å². The lowest BCUT2D eigenvalue weighted by molar-refractivity contribution is 0.0593. The van der Waals surface area contributed by atoms with Crippen molar-refractivity contribution in [3.63, 3.8) is 0 Å². The van der Waals surface area contributed by atoms with Gasteiger partial charge in [0.25, 0.3) is 0 Å². The molecule has 0 fully saturated rings. The summed E-state index contributed by atoms with van der Waals surface area (Å²) in [5.41, 5.74) is 2.04. The van der Waals surface area contributed by atoms with Gasteiger partial charge in [-0.2, -0.15) is 0 Å². The van der Waals surface area contributed by atoms with Crippen LogP contribution in [-0.2, 0) is 4.74 Å². The second kappa shape index (κ2) is 5.31. The Morgan fingerprint density at radius 1 is 1.17 bits per heavy atom. The van der Waals surface area contributed by atoms with Crippen LogP contribution in [0.4, 0.5) is 11.5 Å². The highest BCUT2D eigenvalue weighted by Gasteiger charge is 2.11. The standard InChI is InChI=1S/C14H14N2O2/c1-10-8-9-12(16-13(10)14(17)18-2)15-11-6-4-3-5-7-11/h3-9H,1-2H3,(H,15,16). The summed E-state index contributed by atoms with van der Waals surface area (Å²) in [6.45, 7) is 1.82. The van der Waals surface area contributed by atoms with Crippen LogP contribution in [0.25, 0.3) is 0 Å².